The molecule has 6 heteroatoms. The summed E-state index contributed by atoms with van der Waals surface area (Å²) in [6.07, 6.45) is 3.02. The lowest BCUT2D eigenvalue weighted by molar-refractivity contribution is 0.574. The standard InChI is InChI=1S/C15H12F2N4/c16-12-6-5-11(13(17)7-12)8-19-14-3-1-2-4-15(14)21-10-18-9-20-21/h1-7,9-10,19H,8H2. The summed E-state index contributed by atoms with van der Waals surface area (Å²) >= 11 is 0. The first-order valence-corrected chi connectivity index (χ1v) is 6.36. The second-order valence-electron chi connectivity index (χ2n) is 4.45. The molecule has 1 aromatic heterocycles. The van der Waals surface area contributed by atoms with Gasteiger partial charge in [-0.2, -0.15) is 5.10 Å². The second kappa shape index (κ2) is 5.70. The Morgan fingerprint density at radius 3 is 2.71 bits per heavy atom. The van der Waals surface area contributed by atoms with Crippen LogP contribution in [0.5, 0.6) is 0 Å². The number of rotatable bonds is 4. The van der Waals surface area contributed by atoms with Gasteiger partial charge in [-0.1, -0.05) is 18.2 Å². The highest BCUT2D eigenvalue weighted by atomic mass is 19.1. The largest absolute Gasteiger partial charge is 0.379 e. The van der Waals surface area contributed by atoms with Crippen LogP contribution in [-0.4, -0.2) is 14.8 Å². The Hall–Kier alpha value is -2.76. The molecule has 0 radical (unpaired) electrons. The van der Waals surface area contributed by atoms with E-state index in [1.807, 2.05) is 24.3 Å². The lowest BCUT2D eigenvalue weighted by atomic mass is 10.2. The van der Waals surface area contributed by atoms with E-state index in [0.717, 1.165) is 17.4 Å². The molecule has 0 unspecified atom stereocenters. The molecule has 3 rings (SSSR count). The molecule has 2 aromatic carbocycles. The van der Waals surface area contributed by atoms with Gasteiger partial charge in [-0.15, -0.1) is 0 Å². The highest BCUT2D eigenvalue weighted by Gasteiger charge is 2.07. The van der Waals surface area contributed by atoms with E-state index in [0.29, 0.717) is 5.56 Å². The molecule has 0 saturated carbocycles. The van der Waals surface area contributed by atoms with Crippen molar-refractivity contribution >= 4 is 5.69 Å². The Kier molecular flexibility index (Phi) is 3.59. The summed E-state index contributed by atoms with van der Waals surface area (Å²) in [5, 5.41) is 7.20. The molecule has 4 nitrogen and oxygen atoms in total. The molecule has 0 aliphatic heterocycles. The zero-order chi connectivity index (χ0) is 14.7. The Morgan fingerprint density at radius 1 is 1.10 bits per heavy atom. The highest BCUT2D eigenvalue weighted by Crippen LogP contribution is 2.20. The topological polar surface area (TPSA) is 42.7 Å². The summed E-state index contributed by atoms with van der Waals surface area (Å²) in [5.74, 6) is -1.15. The van der Waals surface area contributed by atoms with Gasteiger partial charge >= 0.3 is 0 Å². The second-order valence-corrected chi connectivity index (χ2v) is 4.45. The Bertz CT molecular complexity index is 741. The van der Waals surface area contributed by atoms with Gasteiger partial charge < -0.3 is 5.32 Å². The zero-order valence-corrected chi connectivity index (χ0v) is 11.0. The number of hydrogen-bond donors (Lipinski definition) is 1. The molecule has 0 bridgehead atoms. The van der Waals surface area contributed by atoms with E-state index < -0.39 is 11.6 Å². The van der Waals surface area contributed by atoms with Crippen molar-refractivity contribution in [2.24, 2.45) is 0 Å². The van der Waals surface area contributed by atoms with E-state index in [-0.39, 0.29) is 6.54 Å². The number of nitrogens with zero attached hydrogens (tertiary/aromatic N) is 3. The SMILES string of the molecule is Fc1ccc(CNc2ccccc2-n2cncn2)c(F)c1. The normalized spacial score (nSPS) is 10.6. The molecule has 106 valence electrons. The van der Waals surface area contributed by atoms with Crippen LogP contribution < -0.4 is 5.32 Å². The molecule has 0 saturated heterocycles. The molecular weight excluding hydrogens is 274 g/mol. The van der Waals surface area contributed by atoms with Gasteiger partial charge in [-0.25, -0.2) is 18.4 Å². The van der Waals surface area contributed by atoms with Gasteiger partial charge in [0.25, 0.3) is 0 Å². The fraction of sp³-hybridized carbons (Fsp3) is 0.0667. The van der Waals surface area contributed by atoms with Crippen LogP contribution in [0.2, 0.25) is 0 Å². The van der Waals surface area contributed by atoms with Gasteiger partial charge in [0.15, 0.2) is 0 Å². The number of halogens is 2. The molecule has 1 heterocycles. The third-order valence-electron chi connectivity index (χ3n) is 3.05. The molecule has 0 atom stereocenters. The molecule has 0 amide bonds. The fourth-order valence-electron chi connectivity index (χ4n) is 2.01. The minimum Gasteiger partial charge on any atom is -0.379 e. The molecule has 0 spiro atoms. The first-order chi connectivity index (χ1) is 10.2. The van der Waals surface area contributed by atoms with Crippen LogP contribution in [0.15, 0.2) is 55.1 Å². The highest BCUT2D eigenvalue weighted by molar-refractivity contribution is 5.60. The number of anilines is 1. The monoisotopic (exact) mass is 286 g/mol. The number of nitrogens with one attached hydrogen (secondary N) is 1. The first kappa shape index (κ1) is 13.2. The maximum Gasteiger partial charge on any atom is 0.138 e. The number of benzene rings is 2. The third kappa shape index (κ3) is 2.89. The minimum atomic E-state index is -0.584. The average Bonchev–Trinajstić information content (AvgIpc) is 3.01. The van der Waals surface area contributed by atoms with Crippen molar-refractivity contribution in [3.05, 3.63) is 72.3 Å². The maximum atomic E-state index is 13.6. The molecule has 0 aliphatic rings. The van der Waals surface area contributed by atoms with Gasteiger partial charge in [-0.05, 0) is 18.2 Å². The summed E-state index contributed by atoms with van der Waals surface area (Å²) in [6, 6.07) is 11.0. The van der Waals surface area contributed by atoms with Crippen molar-refractivity contribution in [2.45, 2.75) is 6.54 Å². The summed E-state index contributed by atoms with van der Waals surface area (Å²) in [4.78, 5) is 3.90. The maximum absolute atomic E-state index is 13.6. The summed E-state index contributed by atoms with van der Waals surface area (Å²) in [6.45, 7) is 0.248. The van der Waals surface area contributed by atoms with Crippen molar-refractivity contribution in [3.8, 4) is 5.69 Å². The Balaban J connectivity index is 1.83. The minimum absolute atomic E-state index is 0.248. The van der Waals surface area contributed by atoms with E-state index in [2.05, 4.69) is 15.4 Å². The third-order valence-corrected chi connectivity index (χ3v) is 3.05. The van der Waals surface area contributed by atoms with Crippen molar-refractivity contribution in [1.82, 2.24) is 14.8 Å². The molecule has 21 heavy (non-hydrogen) atoms. The van der Waals surface area contributed by atoms with Crippen LogP contribution in [0.1, 0.15) is 5.56 Å². The average molecular weight is 286 g/mol. The van der Waals surface area contributed by atoms with E-state index in [9.17, 15) is 8.78 Å². The lowest BCUT2D eigenvalue weighted by Crippen LogP contribution is -2.06. The fourth-order valence-corrected chi connectivity index (χ4v) is 2.01. The zero-order valence-electron chi connectivity index (χ0n) is 11.0. The Labute approximate surface area is 120 Å². The van der Waals surface area contributed by atoms with E-state index >= 15 is 0 Å². The number of para-hydroxylation sites is 2. The summed E-state index contributed by atoms with van der Waals surface area (Å²) < 4.78 is 28.1. The van der Waals surface area contributed by atoms with Crippen LogP contribution in [-0.2, 0) is 6.54 Å². The van der Waals surface area contributed by atoms with Crippen molar-refractivity contribution in [1.29, 1.82) is 0 Å². The quantitative estimate of drug-likeness (QED) is 0.801. The molecular formula is C15H12F2N4. The summed E-state index contributed by atoms with van der Waals surface area (Å²) in [7, 11) is 0. The van der Waals surface area contributed by atoms with Crippen LogP contribution in [0.4, 0.5) is 14.5 Å². The van der Waals surface area contributed by atoms with Gasteiger partial charge in [0.2, 0.25) is 0 Å². The first-order valence-electron chi connectivity index (χ1n) is 6.36. The van der Waals surface area contributed by atoms with Crippen LogP contribution in [0.25, 0.3) is 5.69 Å². The predicted octanol–water partition coefficient (Wildman–Crippen LogP) is 3.16. The smallest absolute Gasteiger partial charge is 0.138 e. The van der Waals surface area contributed by atoms with Gasteiger partial charge in [0.05, 0.1) is 11.4 Å². The van der Waals surface area contributed by atoms with E-state index in [1.54, 1.807) is 11.0 Å². The summed E-state index contributed by atoms with van der Waals surface area (Å²) in [5.41, 5.74) is 1.98. The van der Waals surface area contributed by atoms with E-state index in [4.69, 9.17) is 0 Å². The van der Waals surface area contributed by atoms with Crippen LogP contribution in [0.3, 0.4) is 0 Å². The van der Waals surface area contributed by atoms with Crippen molar-refractivity contribution in [2.75, 3.05) is 5.32 Å². The predicted molar refractivity (Wildman–Crippen MR) is 75.0 cm³/mol. The molecule has 0 aliphatic carbocycles. The van der Waals surface area contributed by atoms with E-state index in [1.165, 1.54) is 18.5 Å². The molecule has 0 fully saturated rings. The Morgan fingerprint density at radius 2 is 1.95 bits per heavy atom. The number of hydrogen-bond acceptors (Lipinski definition) is 3. The number of aromatic nitrogens is 3. The molecule has 1 N–H and O–H groups in total. The van der Waals surface area contributed by atoms with Gasteiger partial charge in [0, 0.05) is 18.2 Å². The van der Waals surface area contributed by atoms with Crippen LogP contribution in [0, 0.1) is 11.6 Å². The van der Waals surface area contributed by atoms with Gasteiger partial charge in [0.1, 0.15) is 24.3 Å². The lowest BCUT2D eigenvalue weighted by Gasteiger charge is -2.12. The molecule has 3 aromatic rings. The van der Waals surface area contributed by atoms with Crippen molar-refractivity contribution < 1.29 is 8.78 Å². The van der Waals surface area contributed by atoms with Crippen LogP contribution >= 0.6 is 0 Å². The van der Waals surface area contributed by atoms with Crippen molar-refractivity contribution in [3.63, 3.8) is 0 Å². The van der Waals surface area contributed by atoms with Gasteiger partial charge in [-0.3, -0.25) is 0 Å².